The predicted molar refractivity (Wildman–Crippen MR) is 84.7 cm³/mol. The lowest BCUT2D eigenvalue weighted by Crippen LogP contribution is -2.46. The van der Waals surface area contributed by atoms with E-state index >= 15 is 0 Å². The zero-order chi connectivity index (χ0) is 15.9. The average molecular weight is 305 g/mol. The van der Waals surface area contributed by atoms with Gasteiger partial charge < -0.3 is 19.9 Å². The first-order valence-corrected chi connectivity index (χ1v) is 7.47. The topological polar surface area (TPSA) is 61.9 Å². The maximum absolute atomic E-state index is 12.5. The third-order valence-corrected chi connectivity index (χ3v) is 3.87. The molecule has 1 aliphatic heterocycles. The van der Waals surface area contributed by atoms with E-state index < -0.39 is 0 Å². The molecule has 1 aliphatic rings. The van der Waals surface area contributed by atoms with Crippen LogP contribution in [0.25, 0.3) is 0 Å². The SMILES string of the molecule is COCCNCC(=O)N(C)C1CCN(c2ccccc2)C1=O. The lowest BCUT2D eigenvalue weighted by Gasteiger charge is -2.24. The van der Waals surface area contributed by atoms with E-state index in [-0.39, 0.29) is 24.4 Å². The summed E-state index contributed by atoms with van der Waals surface area (Å²) >= 11 is 0. The van der Waals surface area contributed by atoms with E-state index in [1.54, 1.807) is 24.0 Å². The molecular weight excluding hydrogens is 282 g/mol. The molecule has 1 fully saturated rings. The lowest BCUT2D eigenvalue weighted by atomic mass is 10.2. The van der Waals surface area contributed by atoms with Gasteiger partial charge in [-0.25, -0.2) is 0 Å². The number of ether oxygens (including phenoxy) is 1. The predicted octanol–water partition coefficient (Wildman–Crippen LogP) is 0.486. The fourth-order valence-electron chi connectivity index (χ4n) is 2.56. The summed E-state index contributed by atoms with van der Waals surface area (Å²) in [6.07, 6.45) is 0.661. The minimum absolute atomic E-state index is 0.0149. The fourth-order valence-corrected chi connectivity index (χ4v) is 2.56. The van der Waals surface area contributed by atoms with Gasteiger partial charge in [0.2, 0.25) is 11.8 Å². The van der Waals surface area contributed by atoms with Crippen LogP contribution in [0.5, 0.6) is 0 Å². The molecule has 1 atom stereocenters. The zero-order valence-corrected chi connectivity index (χ0v) is 13.1. The molecule has 22 heavy (non-hydrogen) atoms. The van der Waals surface area contributed by atoms with Gasteiger partial charge in [-0.3, -0.25) is 9.59 Å². The quantitative estimate of drug-likeness (QED) is 0.745. The number of carbonyl (C=O) groups is 2. The molecule has 0 bridgehead atoms. The van der Waals surface area contributed by atoms with Gasteiger partial charge >= 0.3 is 0 Å². The van der Waals surface area contributed by atoms with E-state index in [0.29, 0.717) is 26.1 Å². The summed E-state index contributed by atoms with van der Waals surface area (Å²) in [5, 5.41) is 3.01. The van der Waals surface area contributed by atoms with Gasteiger partial charge in [-0.05, 0) is 18.6 Å². The minimum atomic E-state index is -0.378. The summed E-state index contributed by atoms with van der Waals surface area (Å²) in [7, 11) is 3.31. The van der Waals surface area contributed by atoms with Gasteiger partial charge in [-0.1, -0.05) is 18.2 Å². The molecule has 1 aromatic rings. The van der Waals surface area contributed by atoms with Crippen LogP contribution in [0.1, 0.15) is 6.42 Å². The normalized spacial score (nSPS) is 17.8. The highest BCUT2D eigenvalue weighted by Gasteiger charge is 2.36. The van der Waals surface area contributed by atoms with E-state index in [1.165, 1.54) is 0 Å². The van der Waals surface area contributed by atoms with Gasteiger partial charge in [-0.15, -0.1) is 0 Å². The average Bonchev–Trinajstić information content (AvgIpc) is 2.93. The van der Waals surface area contributed by atoms with Crippen molar-refractivity contribution in [1.29, 1.82) is 0 Å². The first-order valence-electron chi connectivity index (χ1n) is 7.47. The van der Waals surface area contributed by atoms with Gasteiger partial charge in [0.05, 0.1) is 13.2 Å². The number of methoxy groups -OCH3 is 1. The number of para-hydroxylation sites is 1. The fraction of sp³-hybridized carbons (Fsp3) is 0.500. The summed E-state index contributed by atoms with van der Waals surface area (Å²) in [5.41, 5.74) is 0.883. The maximum atomic E-state index is 12.5. The molecule has 0 aliphatic carbocycles. The van der Waals surface area contributed by atoms with Crippen LogP contribution in [0.4, 0.5) is 5.69 Å². The second-order valence-corrected chi connectivity index (χ2v) is 5.30. The van der Waals surface area contributed by atoms with E-state index in [4.69, 9.17) is 4.74 Å². The molecule has 0 aromatic heterocycles. The van der Waals surface area contributed by atoms with E-state index in [0.717, 1.165) is 5.69 Å². The van der Waals surface area contributed by atoms with Crippen molar-refractivity contribution in [3.8, 4) is 0 Å². The van der Waals surface area contributed by atoms with Crippen LogP contribution in [0, 0.1) is 0 Å². The monoisotopic (exact) mass is 305 g/mol. The molecular formula is C16H23N3O3. The molecule has 1 saturated heterocycles. The second kappa shape index (κ2) is 7.91. The highest BCUT2D eigenvalue weighted by Crippen LogP contribution is 2.23. The molecule has 6 nitrogen and oxygen atoms in total. The van der Waals surface area contributed by atoms with Gasteiger partial charge in [-0.2, -0.15) is 0 Å². The van der Waals surface area contributed by atoms with Crippen LogP contribution in [0.15, 0.2) is 30.3 Å². The molecule has 0 saturated carbocycles. The van der Waals surface area contributed by atoms with Crippen LogP contribution in [-0.4, -0.2) is 63.2 Å². The Kier molecular flexibility index (Phi) is 5.91. The van der Waals surface area contributed by atoms with Crippen LogP contribution in [-0.2, 0) is 14.3 Å². The number of likely N-dealkylation sites (N-methyl/N-ethyl adjacent to an activating group) is 1. The molecule has 2 amide bonds. The largest absolute Gasteiger partial charge is 0.383 e. The van der Waals surface area contributed by atoms with E-state index in [9.17, 15) is 9.59 Å². The number of nitrogens with one attached hydrogen (secondary N) is 1. The number of hydrogen-bond acceptors (Lipinski definition) is 4. The molecule has 2 rings (SSSR count). The van der Waals surface area contributed by atoms with Crippen molar-refractivity contribution in [3.63, 3.8) is 0 Å². The van der Waals surface area contributed by atoms with Crippen molar-refractivity contribution in [3.05, 3.63) is 30.3 Å². The first-order chi connectivity index (χ1) is 10.6. The van der Waals surface area contributed by atoms with Crippen LogP contribution in [0.3, 0.4) is 0 Å². The zero-order valence-electron chi connectivity index (χ0n) is 13.1. The number of nitrogens with zero attached hydrogens (tertiary/aromatic N) is 2. The Labute approximate surface area is 131 Å². The Morgan fingerprint density at radius 3 is 2.82 bits per heavy atom. The Morgan fingerprint density at radius 2 is 2.14 bits per heavy atom. The molecule has 120 valence electrons. The summed E-state index contributed by atoms with van der Waals surface area (Å²) in [6.45, 7) is 2.03. The molecule has 0 radical (unpaired) electrons. The van der Waals surface area contributed by atoms with E-state index in [2.05, 4.69) is 5.32 Å². The summed E-state index contributed by atoms with van der Waals surface area (Å²) < 4.78 is 4.92. The Morgan fingerprint density at radius 1 is 1.41 bits per heavy atom. The van der Waals surface area contributed by atoms with Gasteiger partial charge in [0.25, 0.3) is 0 Å². The smallest absolute Gasteiger partial charge is 0.249 e. The van der Waals surface area contributed by atoms with Crippen molar-refractivity contribution < 1.29 is 14.3 Å². The van der Waals surface area contributed by atoms with Crippen molar-refractivity contribution in [2.24, 2.45) is 0 Å². The Balaban J connectivity index is 1.90. The second-order valence-electron chi connectivity index (χ2n) is 5.30. The molecule has 0 spiro atoms. The van der Waals surface area contributed by atoms with Gasteiger partial charge in [0.15, 0.2) is 0 Å². The molecule has 1 unspecified atom stereocenters. The molecule has 1 N–H and O–H groups in total. The number of anilines is 1. The highest BCUT2D eigenvalue weighted by atomic mass is 16.5. The van der Waals surface area contributed by atoms with Crippen molar-refractivity contribution in [2.45, 2.75) is 12.5 Å². The van der Waals surface area contributed by atoms with Crippen molar-refractivity contribution in [2.75, 3.05) is 45.3 Å². The number of hydrogen-bond donors (Lipinski definition) is 1. The summed E-state index contributed by atoms with van der Waals surface area (Å²) in [4.78, 5) is 27.9. The molecule has 1 heterocycles. The van der Waals surface area contributed by atoms with Crippen LogP contribution < -0.4 is 10.2 Å². The summed E-state index contributed by atoms with van der Waals surface area (Å²) in [6, 6.07) is 9.18. The third-order valence-electron chi connectivity index (χ3n) is 3.87. The minimum Gasteiger partial charge on any atom is -0.383 e. The Bertz CT molecular complexity index is 507. The maximum Gasteiger partial charge on any atom is 0.249 e. The molecule has 1 aromatic carbocycles. The summed E-state index contributed by atoms with van der Waals surface area (Å²) in [5.74, 6) is -0.0942. The highest BCUT2D eigenvalue weighted by molar-refractivity contribution is 6.01. The third kappa shape index (κ3) is 3.84. The number of amides is 2. The van der Waals surface area contributed by atoms with Gasteiger partial charge in [0, 0.05) is 32.9 Å². The number of carbonyl (C=O) groups excluding carboxylic acids is 2. The molecule has 6 heteroatoms. The number of benzene rings is 1. The van der Waals surface area contributed by atoms with Crippen LogP contribution >= 0.6 is 0 Å². The lowest BCUT2D eigenvalue weighted by molar-refractivity contribution is -0.136. The van der Waals surface area contributed by atoms with Crippen LogP contribution in [0.2, 0.25) is 0 Å². The standard InChI is InChI=1S/C16H23N3O3/c1-18(15(20)12-17-9-11-22-2)14-8-10-19(16(14)21)13-6-4-3-5-7-13/h3-7,14,17H,8-12H2,1-2H3. The van der Waals surface area contributed by atoms with Crippen molar-refractivity contribution in [1.82, 2.24) is 10.2 Å². The number of rotatable bonds is 7. The first kappa shape index (κ1) is 16.5. The van der Waals surface area contributed by atoms with Gasteiger partial charge in [0.1, 0.15) is 6.04 Å². The Hall–Kier alpha value is -1.92. The van der Waals surface area contributed by atoms with Crippen molar-refractivity contribution >= 4 is 17.5 Å². The van der Waals surface area contributed by atoms with E-state index in [1.807, 2.05) is 30.3 Å².